The highest BCUT2D eigenvalue weighted by molar-refractivity contribution is 5.09. The summed E-state index contributed by atoms with van der Waals surface area (Å²) in [6, 6.07) is 0.242. The van der Waals surface area contributed by atoms with Crippen molar-refractivity contribution in [2.24, 2.45) is 23.7 Å². The molecule has 0 radical (unpaired) electrons. The Balaban J connectivity index is 1.12. The predicted octanol–water partition coefficient (Wildman–Crippen LogP) is 6.23. The molecule has 0 aromatic heterocycles. The van der Waals surface area contributed by atoms with E-state index in [1.165, 1.54) is 122 Å². The maximum atomic E-state index is 11.5. The van der Waals surface area contributed by atoms with Gasteiger partial charge in [0.1, 0.15) is 24.4 Å². The van der Waals surface area contributed by atoms with Crippen molar-refractivity contribution in [2.75, 3.05) is 19.8 Å². The van der Waals surface area contributed by atoms with Crippen molar-refractivity contribution >= 4 is 0 Å². The summed E-state index contributed by atoms with van der Waals surface area (Å²) in [4.78, 5) is 0. The summed E-state index contributed by atoms with van der Waals surface area (Å²) in [5, 5.41) is 70.4. The summed E-state index contributed by atoms with van der Waals surface area (Å²) in [6.07, 6.45) is 26.6. The number of allylic oxidation sites excluding steroid dienone is 2. The average Bonchev–Trinajstić information content (AvgIpc) is 3.94. The molecule has 2 bridgehead atoms. The molecule has 10 nitrogen and oxygen atoms in total. The van der Waals surface area contributed by atoms with Gasteiger partial charge in [-0.15, -0.1) is 0 Å². The van der Waals surface area contributed by atoms with Gasteiger partial charge in [0.25, 0.3) is 0 Å². The zero-order chi connectivity index (χ0) is 38.5. The summed E-state index contributed by atoms with van der Waals surface area (Å²) < 4.78 is 11.5. The summed E-state index contributed by atoms with van der Waals surface area (Å²) >= 11 is 0. The molecule has 3 fully saturated rings. The first-order valence-electron chi connectivity index (χ1n) is 22.8. The van der Waals surface area contributed by atoms with Gasteiger partial charge in [0.2, 0.25) is 0 Å². The van der Waals surface area contributed by atoms with E-state index in [4.69, 9.17) is 9.47 Å². The van der Waals surface area contributed by atoms with Crippen LogP contribution in [0.5, 0.6) is 0 Å². The Morgan fingerprint density at radius 3 is 1.87 bits per heavy atom. The quantitative estimate of drug-likeness (QED) is 0.0300. The molecule has 54 heavy (non-hydrogen) atoms. The largest absolute Gasteiger partial charge is 0.394 e. The molecular weight excluding hydrogens is 684 g/mol. The standard InChI is InChI=1S/C44H82N2O8/c1-2-3-4-5-6-7-8-9-10-15-18-21-24-37(48)39(49)36(31-53-44-42(52)41(51)40(50)38(30-47)54-44)43-45-29-35(46-43)23-20-17-14-12-11-13-16-19-22-33-27-32-25-26-34(33)28-32/h25-26,32-52H,2-24,27-31H2,1H3/t32-,33+,34-,35?,36+,37-,38?,39+,40?,41?,42?,43?,44?/m1/s1. The number of ether oxygens (including phenoxy) is 2. The number of aliphatic hydroxyl groups excluding tert-OH is 6. The van der Waals surface area contributed by atoms with Crippen LogP contribution in [0, 0.1) is 23.7 Å². The van der Waals surface area contributed by atoms with Gasteiger partial charge < -0.3 is 40.1 Å². The van der Waals surface area contributed by atoms with Gasteiger partial charge in [-0.1, -0.05) is 147 Å². The first-order valence-corrected chi connectivity index (χ1v) is 22.8. The fraction of sp³-hybridized carbons (Fsp3) is 0.955. The van der Waals surface area contributed by atoms with Gasteiger partial charge in [0, 0.05) is 18.5 Å². The van der Waals surface area contributed by atoms with Crippen LogP contribution in [0.25, 0.3) is 0 Å². The Morgan fingerprint density at radius 2 is 1.30 bits per heavy atom. The Labute approximate surface area is 328 Å². The van der Waals surface area contributed by atoms with Crippen LogP contribution in [0.3, 0.4) is 0 Å². The van der Waals surface area contributed by atoms with E-state index in [9.17, 15) is 30.6 Å². The first kappa shape index (κ1) is 46.0. The van der Waals surface area contributed by atoms with E-state index in [0.717, 1.165) is 56.4 Å². The maximum absolute atomic E-state index is 11.5. The SMILES string of the molecule is CCCCCCCCCCCCCC[C@@H](O)[C@@H](O)[C@H](COC1OC(CO)C(O)C(O)C1O)C1NCC(CCCCCCCCCC[C@H]2C[C@H]3C=C[C@@H]2C3)N1. The molecule has 10 heteroatoms. The highest BCUT2D eigenvalue weighted by Crippen LogP contribution is 2.45. The zero-order valence-electron chi connectivity index (χ0n) is 34.0. The van der Waals surface area contributed by atoms with E-state index in [1.54, 1.807) is 0 Å². The van der Waals surface area contributed by atoms with Gasteiger partial charge in [-0.3, -0.25) is 10.6 Å². The lowest BCUT2D eigenvalue weighted by Gasteiger charge is -2.40. The number of aliphatic hydroxyl groups is 6. The maximum Gasteiger partial charge on any atom is 0.186 e. The number of unbranched alkanes of at least 4 members (excludes halogenated alkanes) is 18. The molecule has 4 aliphatic rings. The third kappa shape index (κ3) is 15.6. The molecule has 0 amide bonds. The number of nitrogens with one attached hydrogen (secondary N) is 2. The van der Waals surface area contributed by atoms with Gasteiger partial charge in [-0.25, -0.2) is 0 Å². The average molecular weight is 767 g/mol. The molecule has 2 saturated heterocycles. The fourth-order valence-electron chi connectivity index (χ4n) is 9.64. The van der Waals surface area contributed by atoms with Gasteiger partial charge in [-0.05, 0) is 49.9 Å². The van der Waals surface area contributed by atoms with Crippen LogP contribution < -0.4 is 10.6 Å². The Hall–Kier alpha value is -0.660. The van der Waals surface area contributed by atoms with E-state index in [-0.39, 0.29) is 18.8 Å². The number of hydrogen-bond donors (Lipinski definition) is 8. The molecule has 0 aromatic carbocycles. The molecule has 2 aliphatic carbocycles. The smallest absolute Gasteiger partial charge is 0.186 e. The number of hydrogen-bond acceptors (Lipinski definition) is 10. The second-order valence-electron chi connectivity index (χ2n) is 17.6. The number of fused-ring (bicyclic) bond motifs is 2. The second-order valence-corrected chi connectivity index (χ2v) is 17.6. The van der Waals surface area contributed by atoms with Crippen LogP contribution in [-0.4, -0.2) is 106 Å². The summed E-state index contributed by atoms with van der Waals surface area (Å²) in [5.74, 6) is 2.17. The number of rotatable bonds is 31. The third-order valence-corrected chi connectivity index (χ3v) is 13.2. The third-order valence-electron chi connectivity index (χ3n) is 13.2. The molecule has 0 aromatic rings. The summed E-state index contributed by atoms with van der Waals surface area (Å²) in [6.45, 7) is 2.40. The normalized spacial score (nSPS) is 32.4. The van der Waals surface area contributed by atoms with E-state index in [1.807, 2.05) is 0 Å². The van der Waals surface area contributed by atoms with Gasteiger partial charge in [-0.2, -0.15) is 0 Å². The van der Waals surface area contributed by atoms with Crippen molar-refractivity contribution in [3.05, 3.63) is 12.2 Å². The van der Waals surface area contributed by atoms with Crippen LogP contribution >= 0.6 is 0 Å². The van der Waals surface area contributed by atoms with Gasteiger partial charge >= 0.3 is 0 Å². The lowest BCUT2D eigenvalue weighted by Crippen LogP contribution is -2.60. The minimum atomic E-state index is -1.54. The van der Waals surface area contributed by atoms with Crippen molar-refractivity contribution in [2.45, 2.75) is 223 Å². The van der Waals surface area contributed by atoms with E-state index < -0.39 is 55.4 Å². The zero-order valence-corrected chi connectivity index (χ0v) is 34.0. The lowest BCUT2D eigenvalue weighted by atomic mass is 9.88. The van der Waals surface area contributed by atoms with Gasteiger partial charge in [0.15, 0.2) is 6.29 Å². The topological polar surface area (TPSA) is 164 Å². The molecule has 4 rings (SSSR count). The Morgan fingerprint density at radius 1 is 0.704 bits per heavy atom. The van der Waals surface area contributed by atoms with Crippen molar-refractivity contribution in [1.29, 1.82) is 0 Å². The highest BCUT2D eigenvalue weighted by atomic mass is 16.7. The molecule has 7 unspecified atom stereocenters. The molecule has 2 heterocycles. The molecule has 316 valence electrons. The van der Waals surface area contributed by atoms with Crippen LogP contribution in [-0.2, 0) is 9.47 Å². The van der Waals surface area contributed by atoms with Crippen molar-refractivity contribution < 1.29 is 40.1 Å². The molecule has 1 saturated carbocycles. The van der Waals surface area contributed by atoms with E-state index >= 15 is 0 Å². The highest BCUT2D eigenvalue weighted by Gasteiger charge is 2.45. The fourth-order valence-corrected chi connectivity index (χ4v) is 9.64. The molecule has 2 aliphatic heterocycles. The lowest BCUT2D eigenvalue weighted by molar-refractivity contribution is -0.305. The van der Waals surface area contributed by atoms with Crippen molar-refractivity contribution in [1.82, 2.24) is 10.6 Å². The van der Waals surface area contributed by atoms with Crippen LogP contribution in [0.1, 0.15) is 167 Å². The molecule has 13 atom stereocenters. The minimum absolute atomic E-state index is 0.0600. The Bertz CT molecular complexity index is 988. The second kappa shape index (κ2) is 26.4. The van der Waals surface area contributed by atoms with Crippen molar-refractivity contribution in [3.8, 4) is 0 Å². The van der Waals surface area contributed by atoms with Crippen LogP contribution in [0.2, 0.25) is 0 Å². The van der Waals surface area contributed by atoms with Crippen molar-refractivity contribution in [3.63, 3.8) is 0 Å². The first-order chi connectivity index (χ1) is 26.3. The Kier molecular flexibility index (Phi) is 22.5. The minimum Gasteiger partial charge on any atom is -0.394 e. The molecular formula is C44H82N2O8. The van der Waals surface area contributed by atoms with E-state index in [2.05, 4.69) is 29.7 Å². The van der Waals surface area contributed by atoms with E-state index in [0.29, 0.717) is 6.42 Å². The predicted molar refractivity (Wildman–Crippen MR) is 215 cm³/mol. The molecule has 0 spiro atoms. The van der Waals surface area contributed by atoms with Gasteiger partial charge in [0.05, 0.1) is 31.6 Å². The summed E-state index contributed by atoms with van der Waals surface area (Å²) in [7, 11) is 0. The summed E-state index contributed by atoms with van der Waals surface area (Å²) in [5.41, 5.74) is 0. The monoisotopic (exact) mass is 767 g/mol. The van der Waals surface area contributed by atoms with Crippen LogP contribution in [0.15, 0.2) is 12.2 Å². The van der Waals surface area contributed by atoms with Crippen LogP contribution in [0.4, 0.5) is 0 Å². The molecule has 8 N–H and O–H groups in total.